The molecule has 2 aromatic rings. The second-order valence-electron chi connectivity index (χ2n) is 5.99. The van der Waals surface area contributed by atoms with E-state index in [9.17, 15) is 4.79 Å². The van der Waals surface area contributed by atoms with Crippen LogP contribution in [-0.4, -0.2) is 30.2 Å². The van der Waals surface area contributed by atoms with Crippen LogP contribution in [0.3, 0.4) is 0 Å². The van der Waals surface area contributed by atoms with E-state index in [0.717, 1.165) is 17.0 Å². The van der Waals surface area contributed by atoms with Gasteiger partial charge in [-0.3, -0.25) is 4.79 Å². The van der Waals surface area contributed by atoms with Gasteiger partial charge in [-0.15, -0.1) is 11.8 Å². The van der Waals surface area contributed by atoms with E-state index in [1.165, 1.54) is 17.3 Å². The first-order valence-electron chi connectivity index (χ1n) is 7.86. The number of nitrogens with one attached hydrogen (secondary N) is 1. The van der Waals surface area contributed by atoms with Crippen LogP contribution >= 0.6 is 23.4 Å². The SMILES string of the molecule is CC(Sc1ccc(Cl)cc1)C(=O)NCc1ccc(CN(C)C)cc1. The van der Waals surface area contributed by atoms with Crippen LogP contribution in [0.5, 0.6) is 0 Å². The molecule has 0 saturated carbocycles. The minimum absolute atomic E-state index is 0.0346. The number of hydrogen-bond donors (Lipinski definition) is 1. The Labute approximate surface area is 153 Å². The van der Waals surface area contributed by atoms with Crippen molar-refractivity contribution in [2.75, 3.05) is 14.1 Å². The lowest BCUT2D eigenvalue weighted by Gasteiger charge is -2.13. The van der Waals surface area contributed by atoms with Crippen molar-refractivity contribution in [2.45, 2.75) is 30.2 Å². The maximum absolute atomic E-state index is 12.2. The van der Waals surface area contributed by atoms with Crippen molar-refractivity contribution in [1.82, 2.24) is 10.2 Å². The van der Waals surface area contributed by atoms with Crippen LogP contribution in [0.25, 0.3) is 0 Å². The standard InChI is InChI=1S/C19H23ClN2OS/c1-14(24-18-10-8-17(20)9-11-18)19(23)21-12-15-4-6-16(7-5-15)13-22(2)3/h4-11,14H,12-13H2,1-3H3,(H,21,23). The number of carbonyl (C=O) groups is 1. The molecule has 0 aliphatic rings. The third kappa shape index (κ3) is 6.19. The predicted octanol–water partition coefficient (Wildman–Crippen LogP) is 4.20. The van der Waals surface area contributed by atoms with Gasteiger partial charge in [0.15, 0.2) is 0 Å². The van der Waals surface area contributed by atoms with Crippen LogP contribution in [0.2, 0.25) is 5.02 Å². The lowest BCUT2D eigenvalue weighted by Crippen LogP contribution is -2.30. The largest absolute Gasteiger partial charge is 0.351 e. The van der Waals surface area contributed by atoms with Crippen LogP contribution in [-0.2, 0) is 17.9 Å². The summed E-state index contributed by atoms with van der Waals surface area (Å²) in [7, 11) is 4.10. The fourth-order valence-corrected chi connectivity index (χ4v) is 3.25. The molecule has 1 amide bonds. The molecule has 0 aliphatic heterocycles. The van der Waals surface area contributed by atoms with Gasteiger partial charge in [-0.05, 0) is 56.4 Å². The van der Waals surface area contributed by atoms with Gasteiger partial charge in [0.2, 0.25) is 5.91 Å². The van der Waals surface area contributed by atoms with Gasteiger partial charge in [0.05, 0.1) is 5.25 Å². The van der Waals surface area contributed by atoms with E-state index in [1.807, 2.05) is 45.3 Å². The number of rotatable bonds is 7. The summed E-state index contributed by atoms with van der Waals surface area (Å²) in [6, 6.07) is 15.9. The van der Waals surface area contributed by atoms with Gasteiger partial charge in [-0.2, -0.15) is 0 Å². The Bertz CT molecular complexity index is 656. The van der Waals surface area contributed by atoms with E-state index < -0.39 is 0 Å². The Morgan fingerprint density at radius 3 is 2.25 bits per heavy atom. The molecule has 0 fully saturated rings. The van der Waals surface area contributed by atoms with Crippen molar-refractivity contribution >= 4 is 29.3 Å². The molecule has 128 valence electrons. The third-order valence-corrected chi connectivity index (χ3v) is 4.85. The lowest BCUT2D eigenvalue weighted by atomic mass is 10.1. The number of hydrogen-bond acceptors (Lipinski definition) is 3. The topological polar surface area (TPSA) is 32.3 Å². The number of halogens is 1. The summed E-state index contributed by atoms with van der Waals surface area (Å²) in [6.45, 7) is 3.38. The molecule has 24 heavy (non-hydrogen) atoms. The maximum Gasteiger partial charge on any atom is 0.233 e. The van der Waals surface area contributed by atoms with Crippen molar-refractivity contribution in [3.63, 3.8) is 0 Å². The molecule has 5 heteroatoms. The third-order valence-electron chi connectivity index (χ3n) is 3.48. The zero-order valence-corrected chi connectivity index (χ0v) is 15.8. The molecule has 2 rings (SSSR count). The van der Waals surface area contributed by atoms with Crippen LogP contribution in [0.4, 0.5) is 0 Å². The van der Waals surface area contributed by atoms with E-state index in [4.69, 9.17) is 11.6 Å². The Kier molecular flexibility index (Phi) is 7.16. The molecular weight excluding hydrogens is 340 g/mol. The molecule has 0 bridgehead atoms. The zero-order valence-electron chi connectivity index (χ0n) is 14.3. The molecule has 1 N–H and O–H groups in total. The first-order valence-corrected chi connectivity index (χ1v) is 9.12. The van der Waals surface area contributed by atoms with Crippen LogP contribution in [0, 0.1) is 0 Å². The molecule has 0 heterocycles. The van der Waals surface area contributed by atoms with Crippen molar-refractivity contribution in [3.05, 3.63) is 64.7 Å². The molecule has 3 nitrogen and oxygen atoms in total. The van der Waals surface area contributed by atoms with E-state index in [1.54, 1.807) is 0 Å². The fourth-order valence-electron chi connectivity index (χ4n) is 2.23. The van der Waals surface area contributed by atoms with Gasteiger partial charge < -0.3 is 10.2 Å². The summed E-state index contributed by atoms with van der Waals surface area (Å²) in [5.74, 6) is 0.0346. The Morgan fingerprint density at radius 2 is 1.67 bits per heavy atom. The normalized spacial score (nSPS) is 12.2. The quantitative estimate of drug-likeness (QED) is 0.749. The van der Waals surface area contributed by atoms with Crippen LogP contribution in [0.15, 0.2) is 53.4 Å². The molecule has 2 aromatic carbocycles. The van der Waals surface area contributed by atoms with Crippen LogP contribution in [0.1, 0.15) is 18.1 Å². The maximum atomic E-state index is 12.2. The van der Waals surface area contributed by atoms with Gasteiger partial charge in [0.25, 0.3) is 0 Å². The van der Waals surface area contributed by atoms with Gasteiger partial charge in [-0.1, -0.05) is 35.9 Å². The van der Waals surface area contributed by atoms with Gasteiger partial charge in [-0.25, -0.2) is 0 Å². The molecule has 0 aliphatic carbocycles. The second-order valence-corrected chi connectivity index (χ2v) is 7.84. The molecule has 1 atom stereocenters. The second kappa shape index (κ2) is 9.11. The van der Waals surface area contributed by atoms with Gasteiger partial charge in [0, 0.05) is 23.0 Å². The number of thioether (sulfide) groups is 1. The highest BCUT2D eigenvalue weighted by Gasteiger charge is 2.14. The number of nitrogens with zero attached hydrogens (tertiary/aromatic N) is 1. The first kappa shape index (κ1) is 18.8. The summed E-state index contributed by atoms with van der Waals surface area (Å²) in [6.07, 6.45) is 0. The van der Waals surface area contributed by atoms with Crippen molar-refractivity contribution in [1.29, 1.82) is 0 Å². The van der Waals surface area contributed by atoms with E-state index in [2.05, 4.69) is 34.5 Å². The summed E-state index contributed by atoms with van der Waals surface area (Å²) >= 11 is 7.40. The highest BCUT2D eigenvalue weighted by atomic mass is 35.5. The molecular formula is C19H23ClN2OS. The van der Waals surface area contributed by atoms with Crippen molar-refractivity contribution in [2.24, 2.45) is 0 Å². The summed E-state index contributed by atoms with van der Waals surface area (Å²) < 4.78 is 0. The van der Waals surface area contributed by atoms with E-state index in [-0.39, 0.29) is 11.2 Å². The number of amides is 1. The molecule has 0 aromatic heterocycles. The highest BCUT2D eigenvalue weighted by molar-refractivity contribution is 8.00. The first-order chi connectivity index (χ1) is 11.4. The zero-order chi connectivity index (χ0) is 17.5. The minimum atomic E-state index is -0.154. The summed E-state index contributed by atoms with van der Waals surface area (Å²) in [5, 5.41) is 3.54. The average molecular weight is 363 g/mol. The van der Waals surface area contributed by atoms with Crippen molar-refractivity contribution < 1.29 is 4.79 Å². The van der Waals surface area contributed by atoms with Gasteiger partial charge in [0.1, 0.15) is 0 Å². The van der Waals surface area contributed by atoms with Crippen molar-refractivity contribution in [3.8, 4) is 0 Å². The minimum Gasteiger partial charge on any atom is -0.351 e. The molecule has 0 radical (unpaired) electrons. The smallest absolute Gasteiger partial charge is 0.233 e. The molecule has 1 unspecified atom stereocenters. The lowest BCUT2D eigenvalue weighted by molar-refractivity contribution is -0.120. The molecule has 0 spiro atoms. The Morgan fingerprint density at radius 1 is 1.08 bits per heavy atom. The monoisotopic (exact) mass is 362 g/mol. The molecule has 0 saturated heterocycles. The van der Waals surface area contributed by atoms with E-state index in [0.29, 0.717) is 11.6 Å². The van der Waals surface area contributed by atoms with E-state index >= 15 is 0 Å². The summed E-state index contributed by atoms with van der Waals surface area (Å²) in [5.41, 5.74) is 2.37. The fraction of sp³-hybridized carbons (Fsp3) is 0.316. The summed E-state index contributed by atoms with van der Waals surface area (Å²) in [4.78, 5) is 15.4. The van der Waals surface area contributed by atoms with Crippen LogP contribution < -0.4 is 5.32 Å². The number of carbonyl (C=O) groups excluding carboxylic acids is 1. The Balaban J connectivity index is 1.82. The highest BCUT2D eigenvalue weighted by Crippen LogP contribution is 2.24. The van der Waals surface area contributed by atoms with Gasteiger partial charge >= 0.3 is 0 Å². The average Bonchev–Trinajstić information content (AvgIpc) is 2.55. The predicted molar refractivity (Wildman–Crippen MR) is 102 cm³/mol. The Hall–Kier alpha value is -1.49. The number of benzene rings is 2.